The molecule has 0 spiro atoms. The molecule has 0 aromatic heterocycles. The van der Waals surface area contributed by atoms with Crippen molar-refractivity contribution in [3.63, 3.8) is 0 Å². The lowest BCUT2D eigenvalue weighted by Crippen LogP contribution is -2.63. The van der Waals surface area contributed by atoms with Gasteiger partial charge >= 0.3 is 0 Å². The topological polar surface area (TPSA) is 104 Å². The number of benzene rings is 1. The van der Waals surface area contributed by atoms with E-state index in [0.29, 0.717) is 32.3 Å². The summed E-state index contributed by atoms with van der Waals surface area (Å²) in [7, 11) is 1.63. The lowest BCUT2D eigenvalue weighted by atomic mass is 9.89. The van der Waals surface area contributed by atoms with Crippen LogP contribution in [0.4, 0.5) is 0 Å². The Labute approximate surface area is 195 Å². The molecule has 1 aromatic rings. The summed E-state index contributed by atoms with van der Waals surface area (Å²) >= 11 is 0. The molecule has 180 valence electrons. The molecule has 4 atom stereocenters. The maximum Gasteiger partial charge on any atom is 0.231 e. The Hall–Kier alpha value is -2.61. The Balaban J connectivity index is 1.47. The number of guanidine groups is 1. The maximum atomic E-state index is 13.3. The lowest BCUT2D eigenvalue weighted by Gasteiger charge is -2.42. The molecule has 2 amide bonds. The van der Waals surface area contributed by atoms with Gasteiger partial charge in [0.1, 0.15) is 11.4 Å². The Kier molecular flexibility index (Phi) is 6.16. The summed E-state index contributed by atoms with van der Waals surface area (Å²) in [6.45, 7) is 8.37. The minimum atomic E-state index is -0.444. The van der Waals surface area contributed by atoms with Crippen LogP contribution in [0.1, 0.15) is 65.0 Å². The van der Waals surface area contributed by atoms with Crippen molar-refractivity contribution in [3.8, 4) is 5.75 Å². The third-order valence-electron chi connectivity index (χ3n) is 6.87. The summed E-state index contributed by atoms with van der Waals surface area (Å²) < 4.78 is 11.4. The van der Waals surface area contributed by atoms with Crippen molar-refractivity contribution < 1.29 is 19.1 Å². The van der Waals surface area contributed by atoms with Crippen LogP contribution in [0.5, 0.6) is 5.75 Å². The van der Waals surface area contributed by atoms with Gasteiger partial charge in [0.05, 0.1) is 6.04 Å². The molecule has 3 aliphatic rings. The van der Waals surface area contributed by atoms with Crippen LogP contribution in [0.15, 0.2) is 24.3 Å². The fourth-order valence-corrected chi connectivity index (χ4v) is 5.29. The van der Waals surface area contributed by atoms with Crippen LogP contribution >= 0.6 is 0 Å². The van der Waals surface area contributed by atoms with E-state index in [1.807, 2.05) is 52.0 Å². The van der Waals surface area contributed by atoms with Gasteiger partial charge < -0.3 is 20.1 Å². The predicted molar refractivity (Wildman–Crippen MR) is 125 cm³/mol. The van der Waals surface area contributed by atoms with Gasteiger partial charge in [0.2, 0.25) is 11.8 Å². The minimum Gasteiger partial charge on any atom is -0.487 e. The fraction of sp³-hybridized carbons (Fsp3) is 0.640. The maximum absolute atomic E-state index is 13.3. The van der Waals surface area contributed by atoms with E-state index in [1.165, 1.54) is 0 Å². The van der Waals surface area contributed by atoms with Gasteiger partial charge in [-0.1, -0.05) is 18.2 Å². The van der Waals surface area contributed by atoms with E-state index in [1.54, 1.807) is 12.0 Å². The molecule has 1 aliphatic carbocycles. The molecule has 1 saturated heterocycles. The molecule has 8 nitrogen and oxygen atoms in total. The highest BCUT2D eigenvalue weighted by molar-refractivity contribution is 5.99. The highest BCUT2D eigenvalue weighted by Crippen LogP contribution is 2.46. The highest BCUT2D eigenvalue weighted by Gasteiger charge is 2.53. The van der Waals surface area contributed by atoms with Crippen LogP contribution in [0.3, 0.4) is 0 Å². The van der Waals surface area contributed by atoms with Crippen LogP contribution in [-0.2, 0) is 14.3 Å². The molecule has 33 heavy (non-hydrogen) atoms. The molecule has 3 N–H and O–H groups in total. The summed E-state index contributed by atoms with van der Waals surface area (Å²) in [4.78, 5) is 27.8. The highest BCUT2D eigenvalue weighted by atomic mass is 16.5. The van der Waals surface area contributed by atoms with E-state index in [9.17, 15) is 9.59 Å². The first-order chi connectivity index (χ1) is 15.5. The second kappa shape index (κ2) is 8.63. The van der Waals surface area contributed by atoms with Gasteiger partial charge in [0.15, 0.2) is 5.96 Å². The van der Waals surface area contributed by atoms with Crippen LogP contribution < -0.4 is 15.4 Å². The van der Waals surface area contributed by atoms with Gasteiger partial charge in [-0.05, 0) is 52.5 Å². The third-order valence-corrected chi connectivity index (χ3v) is 6.87. The predicted octanol–water partition coefficient (Wildman–Crippen LogP) is 2.98. The number of carbonyl (C=O) groups excluding carboxylic acids is 2. The molecular weight excluding hydrogens is 420 g/mol. The zero-order valence-electron chi connectivity index (χ0n) is 20.2. The summed E-state index contributed by atoms with van der Waals surface area (Å²) in [5.74, 6) is 0.685. The molecule has 4 rings (SSSR count). The van der Waals surface area contributed by atoms with E-state index >= 15 is 0 Å². The molecule has 0 bridgehead atoms. The molecule has 2 aliphatic heterocycles. The third kappa shape index (κ3) is 5.00. The molecule has 8 heteroatoms. The largest absolute Gasteiger partial charge is 0.487 e. The first kappa shape index (κ1) is 23.5. The fourth-order valence-electron chi connectivity index (χ4n) is 5.29. The zero-order valence-corrected chi connectivity index (χ0v) is 20.2. The number of fused-ring (bicyclic) bond motifs is 1. The van der Waals surface area contributed by atoms with Crippen molar-refractivity contribution in [3.05, 3.63) is 29.8 Å². The van der Waals surface area contributed by atoms with Gasteiger partial charge in [0, 0.05) is 49.6 Å². The van der Waals surface area contributed by atoms with Gasteiger partial charge in [-0.3, -0.25) is 19.9 Å². The SMILES string of the molecule is COCC[C@H]([C@@H]1C[C@H]1C(=O)N[C@@H]1CC(C)(C)Oc2ccccc21)N1C(=N)NC(C)(C)CC1=O. The number of methoxy groups -OCH3 is 1. The molecule has 2 fully saturated rings. The first-order valence-corrected chi connectivity index (χ1v) is 11.8. The summed E-state index contributed by atoms with van der Waals surface area (Å²) in [5.41, 5.74) is 0.182. The molecule has 0 unspecified atom stereocenters. The average molecular weight is 457 g/mol. The van der Waals surface area contributed by atoms with Crippen LogP contribution in [0.25, 0.3) is 0 Å². The van der Waals surface area contributed by atoms with E-state index < -0.39 is 5.54 Å². The average Bonchev–Trinajstić information content (AvgIpc) is 3.49. The van der Waals surface area contributed by atoms with Crippen LogP contribution in [-0.4, -0.2) is 53.6 Å². The number of nitrogens with zero attached hydrogens (tertiary/aromatic N) is 1. The number of para-hydroxylation sites is 1. The van der Waals surface area contributed by atoms with Crippen LogP contribution in [0.2, 0.25) is 0 Å². The first-order valence-electron chi connectivity index (χ1n) is 11.8. The number of carbonyl (C=O) groups is 2. The van der Waals surface area contributed by atoms with Crippen molar-refractivity contribution in [1.82, 2.24) is 15.5 Å². The Bertz CT molecular complexity index is 924. The minimum absolute atomic E-state index is 0.00389. The van der Waals surface area contributed by atoms with E-state index in [4.69, 9.17) is 14.9 Å². The number of hydrogen-bond acceptors (Lipinski definition) is 5. The van der Waals surface area contributed by atoms with Gasteiger partial charge in [0.25, 0.3) is 0 Å². The van der Waals surface area contributed by atoms with Crippen molar-refractivity contribution >= 4 is 17.8 Å². The van der Waals surface area contributed by atoms with Gasteiger partial charge in [-0.2, -0.15) is 0 Å². The van der Waals surface area contributed by atoms with Crippen molar-refractivity contribution in [1.29, 1.82) is 5.41 Å². The standard InChI is InChI=1S/C25H36N4O4/c1-24(2)14-21(30)29(23(26)28-24)19(10-11-32-5)16-12-17(16)22(31)27-18-13-25(3,4)33-20-9-7-6-8-15(18)20/h6-9,16-19H,10-14H2,1-5H3,(H2,26,28)(H,27,31)/t16-,17-,18-,19-/m1/s1. The van der Waals surface area contributed by atoms with Gasteiger partial charge in [-0.15, -0.1) is 0 Å². The second-order valence-corrected chi connectivity index (χ2v) is 10.8. The molecule has 2 heterocycles. The van der Waals surface area contributed by atoms with Gasteiger partial charge in [-0.25, -0.2) is 0 Å². The number of hydrogen-bond donors (Lipinski definition) is 3. The molecule has 1 aromatic carbocycles. The molecular formula is C25H36N4O4. The number of ether oxygens (including phenoxy) is 2. The molecule has 0 radical (unpaired) electrons. The van der Waals surface area contributed by atoms with Crippen LogP contribution in [0, 0.1) is 17.2 Å². The summed E-state index contributed by atoms with van der Waals surface area (Å²) in [6, 6.07) is 7.50. The van der Waals surface area contributed by atoms with E-state index in [2.05, 4.69) is 10.6 Å². The van der Waals surface area contributed by atoms with Crippen molar-refractivity contribution in [2.75, 3.05) is 13.7 Å². The Morgan fingerprint density at radius 1 is 1.33 bits per heavy atom. The Morgan fingerprint density at radius 2 is 2.06 bits per heavy atom. The summed E-state index contributed by atoms with van der Waals surface area (Å²) in [6.07, 6.45) is 2.30. The number of nitrogens with one attached hydrogen (secondary N) is 3. The Morgan fingerprint density at radius 3 is 2.76 bits per heavy atom. The monoisotopic (exact) mass is 456 g/mol. The normalized spacial score (nSPS) is 28.3. The van der Waals surface area contributed by atoms with E-state index in [-0.39, 0.29) is 47.3 Å². The number of amides is 2. The smallest absolute Gasteiger partial charge is 0.231 e. The van der Waals surface area contributed by atoms with E-state index in [0.717, 1.165) is 11.3 Å². The van der Waals surface area contributed by atoms with Crippen molar-refractivity contribution in [2.24, 2.45) is 11.8 Å². The molecule has 1 saturated carbocycles. The lowest BCUT2D eigenvalue weighted by molar-refractivity contribution is -0.133. The quantitative estimate of drug-likeness (QED) is 0.585. The summed E-state index contributed by atoms with van der Waals surface area (Å²) in [5, 5.41) is 14.8. The number of rotatable bonds is 7. The second-order valence-electron chi connectivity index (χ2n) is 10.8. The zero-order chi connectivity index (χ0) is 24.0. The van der Waals surface area contributed by atoms with Crippen molar-refractivity contribution in [2.45, 2.75) is 76.6 Å².